The van der Waals surface area contributed by atoms with E-state index < -0.39 is 21.9 Å². The summed E-state index contributed by atoms with van der Waals surface area (Å²) in [6.07, 6.45) is 2.49. The number of sulfonamides is 1. The molecule has 1 atom stereocenters. The maximum Gasteiger partial charge on any atom is 0.309 e. The van der Waals surface area contributed by atoms with E-state index in [1.165, 1.54) is 4.31 Å². The summed E-state index contributed by atoms with van der Waals surface area (Å²) in [5.74, 6) is -1.40. The van der Waals surface area contributed by atoms with Crippen LogP contribution in [0.3, 0.4) is 0 Å². The fraction of sp³-hybridized carbons (Fsp3) is 0.900. The third kappa shape index (κ3) is 2.97. The first-order chi connectivity index (χ1) is 7.99. The molecular formula is C10H17NO5S. The summed E-state index contributed by atoms with van der Waals surface area (Å²) in [5.41, 5.74) is 0. The average Bonchev–Trinajstić information content (AvgIpc) is 2.63. The van der Waals surface area contributed by atoms with Crippen LogP contribution in [0.15, 0.2) is 0 Å². The van der Waals surface area contributed by atoms with Gasteiger partial charge in [-0.3, -0.25) is 4.79 Å². The molecule has 2 rings (SSSR count). The highest BCUT2D eigenvalue weighted by Crippen LogP contribution is 2.22. The van der Waals surface area contributed by atoms with Crippen LogP contribution in [0.2, 0.25) is 0 Å². The second-order valence-electron chi connectivity index (χ2n) is 4.59. The van der Waals surface area contributed by atoms with Gasteiger partial charge in [0.25, 0.3) is 0 Å². The van der Waals surface area contributed by atoms with Crippen molar-refractivity contribution in [1.29, 1.82) is 0 Å². The van der Waals surface area contributed by atoms with Crippen LogP contribution >= 0.6 is 0 Å². The van der Waals surface area contributed by atoms with Gasteiger partial charge in [0, 0.05) is 19.7 Å². The summed E-state index contributed by atoms with van der Waals surface area (Å²) >= 11 is 0. The Balaban J connectivity index is 1.77. The minimum absolute atomic E-state index is 0.0568. The van der Waals surface area contributed by atoms with E-state index in [9.17, 15) is 13.2 Å². The number of carboxylic acids is 1. The predicted octanol–water partition coefficient (Wildman–Crippen LogP) is -0.0983. The van der Waals surface area contributed by atoms with Crippen molar-refractivity contribution < 1.29 is 23.1 Å². The second kappa shape index (κ2) is 4.91. The molecule has 0 spiro atoms. The first-order valence-electron chi connectivity index (χ1n) is 5.81. The molecule has 17 heavy (non-hydrogen) atoms. The monoisotopic (exact) mass is 263 g/mol. The Labute approximate surface area is 101 Å². The first kappa shape index (κ1) is 12.8. The largest absolute Gasteiger partial charge is 0.481 e. The number of ether oxygens (including phenoxy) is 1. The van der Waals surface area contributed by atoms with Crippen molar-refractivity contribution in [2.75, 3.05) is 25.4 Å². The molecule has 2 fully saturated rings. The zero-order valence-electron chi connectivity index (χ0n) is 9.54. The summed E-state index contributed by atoms with van der Waals surface area (Å²) in [7, 11) is -3.29. The Morgan fingerprint density at radius 2 is 2.12 bits per heavy atom. The molecule has 0 bridgehead atoms. The highest BCUT2D eigenvalue weighted by Gasteiger charge is 2.39. The van der Waals surface area contributed by atoms with Gasteiger partial charge >= 0.3 is 5.97 Å². The van der Waals surface area contributed by atoms with E-state index in [4.69, 9.17) is 9.84 Å². The van der Waals surface area contributed by atoms with Gasteiger partial charge < -0.3 is 9.84 Å². The number of hydrogen-bond donors (Lipinski definition) is 1. The molecule has 0 aromatic heterocycles. The smallest absolute Gasteiger partial charge is 0.309 e. The molecule has 0 saturated carbocycles. The molecule has 1 unspecified atom stereocenters. The summed E-state index contributed by atoms with van der Waals surface area (Å²) in [6.45, 7) is 0.946. The molecule has 0 amide bonds. The summed E-state index contributed by atoms with van der Waals surface area (Å²) in [4.78, 5) is 10.6. The average molecular weight is 263 g/mol. The number of carboxylic acid groups (broad SMARTS) is 1. The maximum absolute atomic E-state index is 11.8. The first-order valence-corrected chi connectivity index (χ1v) is 7.42. The SMILES string of the molecule is O=C(O)C1CN(S(=O)(=O)CCC2CCCO2)C1. The Bertz CT molecular complexity index is 382. The predicted molar refractivity (Wildman–Crippen MR) is 60.1 cm³/mol. The fourth-order valence-electron chi connectivity index (χ4n) is 2.10. The molecule has 1 N–H and O–H groups in total. The lowest BCUT2D eigenvalue weighted by atomic mass is 10.0. The van der Waals surface area contributed by atoms with E-state index in [2.05, 4.69) is 0 Å². The van der Waals surface area contributed by atoms with Gasteiger partial charge in [0.2, 0.25) is 10.0 Å². The Morgan fingerprint density at radius 3 is 2.65 bits per heavy atom. The normalized spacial score (nSPS) is 26.9. The molecule has 0 aliphatic carbocycles. The number of rotatable bonds is 5. The van der Waals surface area contributed by atoms with Gasteiger partial charge in [-0.1, -0.05) is 0 Å². The van der Waals surface area contributed by atoms with Gasteiger partial charge in [-0.25, -0.2) is 12.7 Å². The Morgan fingerprint density at radius 1 is 1.41 bits per heavy atom. The molecule has 2 saturated heterocycles. The van der Waals surface area contributed by atoms with Gasteiger partial charge in [0.1, 0.15) is 0 Å². The van der Waals surface area contributed by atoms with E-state index in [-0.39, 0.29) is 24.9 Å². The lowest BCUT2D eigenvalue weighted by Crippen LogP contribution is -2.53. The minimum atomic E-state index is -3.29. The molecule has 98 valence electrons. The second-order valence-corrected chi connectivity index (χ2v) is 6.68. The molecule has 2 aliphatic rings. The Kier molecular flexibility index (Phi) is 3.70. The minimum Gasteiger partial charge on any atom is -0.481 e. The van der Waals surface area contributed by atoms with Crippen LogP contribution < -0.4 is 0 Å². The number of carbonyl (C=O) groups is 1. The van der Waals surface area contributed by atoms with Crippen molar-refractivity contribution in [1.82, 2.24) is 4.31 Å². The van der Waals surface area contributed by atoms with Crippen molar-refractivity contribution in [3.8, 4) is 0 Å². The number of hydrogen-bond acceptors (Lipinski definition) is 4. The molecule has 6 nitrogen and oxygen atoms in total. The van der Waals surface area contributed by atoms with Crippen molar-refractivity contribution in [3.63, 3.8) is 0 Å². The zero-order chi connectivity index (χ0) is 12.5. The van der Waals surface area contributed by atoms with Crippen LogP contribution in [-0.4, -0.2) is 55.4 Å². The van der Waals surface area contributed by atoms with Gasteiger partial charge in [0.15, 0.2) is 0 Å². The van der Waals surface area contributed by atoms with Crippen molar-refractivity contribution in [2.45, 2.75) is 25.4 Å². The molecule has 0 radical (unpaired) electrons. The van der Waals surface area contributed by atoms with E-state index >= 15 is 0 Å². The van der Waals surface area contributed by atoms with Gasteiger partial charge in [0.05, 0.1) is 17.8 Å². The third-order valence-corrected chi connectivity index (χ3v) is 5.15. The van der Waals surface area contributed by atoms with Gasteiger partial charge in [-0.15, -0.1) is 0 Å². The fourth-order valence-corrected chi connectivity index (χ4v) is 3.74. The summed E-state index contributed by atoms with van der Waals surface area (Å²) in [5, 5.41) is 8.68. The van der Waals surface area contributed by atoms with Gasteiger partial charge in [-0.2, -0.15) is 0 Å². The van der Waals surface area contributed by atoms with Crippen LogP contribution in [0.1, 0.15) is 19.3 Å². The lowest BCUT2D eigenvalue weighted by molar-refractivity contribution is -0.145. The van der Waals surface area contributed by atoms with E-state index in [0.717, 1.165) is 19.4 Å². The van der Waals surface area contributed by atoms with Crippen LogP contribution in [0, 0.1) is 5.92 Å². The van der Waals surface area contributed by atoms with E-state index in [1.807, 2.05) is 0 Å². The van der Waals surface area contributed by atoms with Crippen LogP contribution in [0.4, 0.5) is 0 Å². The third-order valence-electron chi connectivity index (χ3n) is 3.31. The molecule has 2 aliphatic heterocycles. The van der Waals surface area contributed by atoms with Crippen molar-refractivity contribution >= 4 is 16.0 Å². The zero-order valence-corrected chi connectivity index (χ0v) is 10.4. The summed E-state index contributed by atoms with van der Waals surface area (Å²) in [6, 6.07) is 0. The Hall–Kier alpha value is -0.660. The van der Waals surface area contributed by atoms with Crippen LogP contribution in [-0.2, 0) is 19.6 Å². The molecular weight excluding hydrogens is 246 g/mol. The lowest BCUT2D eigenvalue weighted by Gasteiger charge is -2.35. The standard InChI is InChI=1S/C10H17NO5S/c12-10(13)8-6-11(7-8)17(14,15)5-3-9-2-1-4-16-9/h8-9H,1-7H2,(H,12,13). The van der Waals surface area contributed by atoms with Crippen molar-refractivity contribution in [2.24, 2.45) is 5.92 Å². The van der Waals surface area contributed by atoms with E-state index in [0.29, 0.717) is 6.42 Å². The summed E-state index contributed by atoms with van der Waals surface area (Å²) < 4.78 is 30.2. The quantitative estimate of drug-likeness (QED) is 0.749. The highest BCUT2D eigenvalue weighted by molar-refractivity contribution is 7.89. The molecule has 7 heteroatoms. The molecule has 2 heterocycles. The topological polar surface area (TPSA) is 83.9 Å². The van der Waals surface area contributed by atoms with Crippen LogP contribution in [0.5, 0.6) is 0 Å². The molecule has 0 aromatic carbocycles. The van der Waals surface area contributed by atoms with Gasteiger partial charge in [-0.05, 0) is 19.3 Å². The van der Waals surface area contributed by atoms with E-state index in [1.54, 1.807) is 0 Å². The van der Waals surface area contributed by atoms with Crippen molar-refractivity contribution in [3.05, 3.63) is 0 Å². The van der Waals surface area contributed by atoms with Crippen LogP contribution in [0.25, 0.3) is 0 Å². The maximum atomic E-state index is 11.8. The number of aliphatic carboxylic acids is 1. The number of nitrogens with zero attached hydrogens (tertiary/aromatic N) is 1. The highest BCUT2D eigenvalue weighted by atomic mass is 32.2. The molecule has 0 aromatic rings.